The maximum atomic E-state index is 2.39. The van der Waals surface area contributed by atoms with Crippen LogP contribution in [-0.4, -0.2) is 0 Å². The zero-order valence-corrected chi connectivity index (χ0v) is 30.8. The van der Waals surface area contributed by atoms with Gasteiger partial charge < -0.3 is 9.80 Å². The lowest BCUT2D eigenvalue weighted by atomic mass is 9.94. The highest BCUT2D eigenvalue weighted by atomic mass is 15.1. The second kappa shape index (κ2) is 14.4. The van der Waals surface area contributed by atoms with Crippen LogP contribution in [0.2, 0.25) is 0 Å². The van der Waals surface area contributed by atoms with E-state index in [1.54, 1.807) is 0 Å². The molecule has 0 heterocycles. The Morgan fingerprint density at radius 1 is 0.196 bits per heavy atom. The molecule has 10 aromatic carbocycles. The maximum absolute atomic E-state index is 2.39. The van der Waals surface area contributed by atoms with Gasteiger partial charge in [0.1, 0.15) is 0 Å². The first-order valence-electron chi connectivity index (χ1n) is 19.2. The van der Waals surface area contributed by atoms with Gasteiger partial charge in [0, 0.05) is 33.5 Å². The summed E-state index contributed by atoms with van der Waals surface area (Å²) in [6.07, 6.45) is 0. The number of anilines is 6. The predicted octanol–water partition coefficient (Wildman–Crippen LogP) is 15.4. The van der Waals surface area contributed by atoms with E-state index in [1.165, 1.54) is 54.6 Å². The van der Waals surface area contributed by atoms with Crippen molar-refractivity contribution in [3.8, 4) is 22.3 Å². The highest BCUT2D eigenvalue weighted by Crippen LogP contribution is 2.45. The molecule has 56 heavy (non-hydrogen) atoms. The van der Waals surface area contributed by atoms with Crippen molar-refractivity contribution in [2.75, 3.05) is 9.80 Å². The molecule has 0 aliphatic heterocycles. The van der Waals surface area contributed by atoms with E-state index in [-0.39, 0.29) is 0 Å². The normalized spacial score (nSPS) is 11.2. The molecule has 10 aromatic rings. The number of nitrogens with zero attached hydrogens (tertiary/aromatic N) is 2. The largest absolute Gasteiger partial charge is 0.310 e. The summed E-state index contributed by atoms with van der Waals surface area (Å²) in [5.74, 6) is 0. The average molecular weight is 715 g/mol. The molecule has 0 spiro atoms. The van der Waals surface area contributed by atoms with E-state index in [2.05, 4.69) is 240 Å². The van der Waals surface area contributed by atoms with E-state index in [0.29, 0.717) is 0 Å². The van der Waals surface area contributed by atoms with E-state index in [4.69, 9.17) is 0 Å². The fourth-order valence-electron chi connectivity index (χ4n) is 8.22. The van der Waals surface area contributed by atoms with E-state index in [9.17, 15) is 0 Å². The highest BCUT2D eigenvalue weighted by Gasteiger charge is 2.20. The fraction of sp³-hybridized carbons (Fsp3) is 0. The maximum Gasteiger partial charge on any atom is 0.0540 e. The Balaban J connectivity index is 1.14. The zero-order valence-electron chi connectivity index (χ0n) is 30.8. The number of fused-ring (bicyclic) bond motifs is 5. The van der Waals surface area contributed by atoms with Crippen molar-refractivity contribution < 1.29 is 0 Å². The molecule has 0 bridgehead atoms. The van der Waals surface area contributed by atoms with Crippen LogP contribution >= 0.6 is 0 Å². The number of hydrogen-bond acceptors (Lipinski definition) is 2. The number of benzene rings is 10. The van der Waals surface area contributed by atoms with Gasteiger partial charge in [0.15, 0.2) is 0 Å². The van der Waals surface area contributed by atoms with E-state index >= 15 is 0 Å². The van der Waals surface area contributed by atoms with Crippen molar-refractivity contribution in [3.63, 3.8) is 0 Å². The summed E-state index contributed by atoms with van der Waals surface area (Å²) in [7, 11) is 0. The molecule has 0 aliphatic carbocycles. The number of hydrogen-bond donors (Lipinski definition) is 0. The van der Waals surface area contributed by atoms with Crippen molar-refractivity contribution in [3.05, 3.63) is 231 Å². The van der Waals surface area contributed by atoms with Gasteiger partial charge in [0.05, 0.1) is 11.4 Å². The van der Waals surface area contributed by atoms with Crippen molar-refractivity contribution in [1.82, 2.24) is 0 Å². The molecule has 10 rings (SSSR count). The molecule has 0 aliphatic rings. The third kappa shape index (κ3) is 6.04. The van der Waals surface area contributed by atoms with Crippen molar-refractivity contribution in [1.29, 1.82) is 0 Å². The van der Waals surface area contributed by atoms with Crippen LogP contribution in [-0.2, 0) is 0 Å². The van der Waals surface area contributed by atoms with Gasteiger partial charge in [-0.1, -0.05) is 170 Å². The first-order chi connectivity index (χ1) is 27.8. The second-order valence-corrected chi connectivity index (χ2v) is 14.1. The van der Waals surface area contributed by atoms with Gasteiger partial charge >= 0.3 is 0 Å². The molecule has 0 unspecified atom stereocenters. The van der Waals surface area contributed by atoms with Gasteiger partial charge in [0.25, 0.3) is 0 Å². The molecule has 2 nitrogen and oxygen atoms in total. The molecule has 0 atom stereocenters. The average Bonchev–Trinajstić information content (AvgIpc) is 3.28. The molecule has 264 valence electrons. The van der Waals surface area contributed by atoms with Crippen molar-refractivity contribution in [2.24, 2.45) is 0 Å². The Morgan fingerprint density at radius 2 is 0.500 bits per heavy atom. The topological polar surface area (TPSA) is 6.48 Å². The monoisotopic (exact) mass is 714 g/mol. The minimum atomic E-state index is 1.12. The summed E-state index contributed by atoms with van der Waals surface area (Å²) < 4.78 is 0. The van der Waals surface area contributed by atoms with Gasteiger partial charge in [-0.3, -0.25) is 0 Å². The summed E-state index contributed by atoms with van der Waals surface area (Å²) in [4.78, 5) is 4.78. The molecular formula is C54H38N2. The standard InChI is InChI=1S/C54H38N2/c1-5-17-39(18-6-1)41-21-13-27-45(37-41)55(43-23-9-3-10-24-43)53-31-15-29-47-49-34-36-52-48(50(49)33-35-51(47)53)30-16-32-54(52)56(44-25-11-4-12-26-44)46-28-14-22-42(38-46)40-19-7-2-8-20-40/h1-38H. The van der Waals surface area contributed by atoms with E-state index in [1.807, 2.05) is 0 Å². The highest BCUT2D eigenvalue weighted by molar-refractivity contribution is 6.21. The van der Waals surface area contributed by atoms with Gasteiger partial charge in [-0.2, -0.15) is 0 Å². The first kappa shape index (κ1) is 33.2. The van der Waals surface area contributed by atoms with Gasteiger partial charge in [-0.25, -0.2) is 0 Å². The van der Waals surface area contributed by atoms with Gasteiger partial charge in [-0.15, -0.1) is 0 Å². The molecule has 0 fully saturated rings. The molecule has 0 saturated heterocycles. The van der Waals surface area contributed by atoms with Crippen LogP contribution in [0.25, 0.3) is 54.6 Å². The number of rotatable bonds is 8. The molecule has 0 amide bonds. The Bertz CT molecular complexity index is 2750. The first-order valence-corrected chi connectivity index (χ1v) is 19.2. The third-order valence-electron chi connectivity index (χ3n) is 10.8. The SMILES string of the molecule is c1ccc(-c2cccc(N(c3ccccc3)c3cccc4c3ccc3c5cccc(N(c6ccccc6)c6cccc(-c7ccccc7)c6)c5ccc43)c2)cc1. The minimum absolute atomic E-state index is 1.12. The summed E-state index contributed by atoms with van der Waals surface area (Å²) in [5.41, 5.74) is 11.5. The van der Waals surface area contributed by atoms with Crippen LogP contribution in [0.4, 0.5) is 34.1 Å². The Hall–Kier alpha value is -7.42. The van der Waals surface area contributed by atoms with Crippen LogP contribution in [0.15, 0.2) is 231 Å². The van der Waals surface area contributed by atoms with Crippen LogP contribution in [0.3, 0.4) is 0 Å². The minimum Gasteiger partial charge on any atom is -0.310 e. The van der Waals surface area contributed by atoms with Crippen LogP contribution in [0.5, 0.6) is 0 Å². The molecule has 0 saturated carbocycles. The summed E-state index contributed by atoms with van der Waals surface area (Å²) in [5, 5.41) is 7.32. The third-order valence-corrected chi connectivity index (χ3v) is 10.8. The molecule has 0 aromatic heterocycles. The fourth-order valence-corrected chi connectivity index (χ4v) is 8.22. The summed E-state index contributed by atoms with van der Waals surface area (Å²) in [6, 6.07) is 83.0. The zero-order chi connectivity index (χ0) is 37.3. The smallest absolute Gasteiger partial charge is 0.0540 e. The summed E-state index contributed by atoms with van der Waals surface area (Å²) >= 11 is 0. The quantitative estimate of drug-likeness (QED) is 0.145. The van der Waals surface area contributed by atoms with Crippen LogP contribution in [0.1, 0.15) is 0 Å². The van der Waals surface area contributed by atoms with Gasteiger partial charge in [-0.05, 0) is 104 Å². The van der Waals surface area contributed by atoms with Crippen LogP contribution in [0, 0.1) is 0 Å². The molecular weight excluding hydrogens is 677 g/mol. The van der Waals surface area contributed by atoms with Crippen molar-refractivity contribution in [2.45, 2.75) is 0 Å². The van der Waals surface area contributed by atoms with E-state index < -0.39 is 0 Å². The lowest BCUT2D eigenvalue weighted by Crippen LogP contribution is -2.10. The second-order valence-electron chi connectivity index (χ2n) is 14.1. The molecule has 0 radical (unpaired) electrons. The number of para-hydroxylation sites is 2. The summed E-state index contributed by atoms with van der Waals surface area (Å²) in [6.45, 7) is 0. The Labute approximate surface area is 327 Å². The van der Waals surface area contributed by atoms with E-state index in [0.717, 1.165) is 34.1 Å². The molecule has 2 heteroatoms. The predicted molar refractivity (Wildman–Crippen MR) is 239 cm³/mol. The van der Waals surface area contributed by atoms with Crippen molar-refractivity contribution >= 4 is 66.4 Å². The van der Waals surface area contributed by atoms with Crippen LogP contribution < -0.4 is 9.80 Å². The lowest BCUT2D eigenvalue weighted by Gasteiger charge is -2.28. The molecule has 0 N–H and O–H groups in total. The Kier molecular flexibility index (Phi) is 8.55. The lowest BCUT2D eigenvalue weighted by molar-refractivity contribution is 1.30. The van der Waals surface area contributed by atoms with Gasteiger partial charge in [0.2, 0.25) is 0 Å². The Morgan fingerprint density at radius 3 is 0.911 bits per heavy atom.